The Morgan fingerprint density at radius 3 is 2.74 bits per heavy atom. The summed E-state index contributed by atoms with van der Waals surface area (Å²) in [5, 5.41) is 0.579. The number of amides is 1. The molecule has 0 saturated carbocycles. The molecule has 2 aromatic carbocycles. The number of rotatable bonds is 8. The van der Waals surface area contributed by atoms with Crippen LogP contribution in [0.15, 0.2) is 51.7 Å². The van der Waals surface area contributed by atoms with Crippen molar-refractivity contribution in [3.8, 4) is 5.75 Å². The number of benzene rings is 2. The van der Waals surface area contributed by atoms with E-state index in [9.17, 15) is 9.59 Å². The summed E-state index contributed by atoms with van der Waals surface area (Å²) in [5.74, 6) is -0.0860. The maximum absolute atomic E-state index is 13.3. The van der Waals surface area contributed by atoms with E-state index in [-0.39, 0.29) is 12.5 Å². The van der Waals surface area contributed by atoms with Crippen LogP contribution in [0.5, 0.6) is 5.75 Å². The Bertz CT molecular complexity index is 1270. The second kappa shape index (κ2) is 8.91. The van der Waals surface area contributed by atoms with E-state index in [1.165, 1.54) is 15.9 Å². The van der Waals surface area contributed by atoms with Gasteiger partial charge in [0.1, 0.15) is 17.8 Å². The number of nitrogens with zero attached hydrogens (tertiary/aromatic N) is 4. The highest BCUT2D eigenvalue weighted by Gasteiger charge is 2.23. The van der Waals surface area contributed by atoms with E-state index in [4.69, 9.17) is 14.1 Å². The maximum Gasteiger partial charge on any atom is 0.420 e. The highest BCUT2D eigenvalue weighted by atomic mass is 32.1. The Morgan fingerprint density at radius 2 is 1.97 bits per heavy atom. The van der Waals surface area contributed by atoms with Crippen LogP contribution < -0.4 is 15.4 Å². The van der Waals surface area contributed by atoms with Crippen LogP contribution >= 0.6 is 11.3 Å². The summed E-state index contributed by atoms with van der Waals surface area (Å²) in [7, 11) is 3.89. The third kappa shape index (κ3) is 4.33. The van der Waals surface area contributed by atoms with Crippen LogP contribution in [0.25, 0.3) is 21.3 Å². The molecule has 0 fully saturated rings. The average Bonchev–Trinajstić information content (AvgIpc) is 3.30. The Labute approximate surface area is 183 Å². The van der Waals surface area contributed by atoms with E-state index in [1.807, 2.05) is 50.2 Å². The van der Waals surface area contributed by atoms with Crippen molar-refractivity contribution < 1.29 is 13.9 Å². The van der Waals surface area contributed by atoms with Gasteiger partial charge in [-0.15, -0.1) is 0 Å². The molecule has 0 spiro atoms. The number of aromatic nitrogens is 2. The fourth-order valence-corrected chi connectivity index (χ4v) is 4.34. The monoisotopic (exact) mass is 440 g/mol. The van der Waals surface area contributed by atoms with Crippen molar-refractivity contribution in [1.82, 2.24) is 14.5 Å². The summed E-state index contributed by atoms with van der Waals surface area (Å²) in [6.07, 6.45) is 0. The van der Waals surface area contributed by atoms with Gasteiger partial charge in [-0.05, 0) is 45.3 Å². The topological polar surface area (TPSA) is 80.8 Å². The standard InChI is InChI=1S/C22H24N4O4S/c1-4-29-17-10-7-11-18-20(17)23-21(31-18)25(13-12-24(2)3)19(27)14-26-15-8-5-6-9-16(15)30-22(26)28/h5-11H,4,12-14H2,1-3H3. The summed E-state index contributed by atoms with van der Waals surface area (Å²) in [6, 6.07) is 12.8. The first-order valence-corrected chi connectivity index (χ1v) is 10.9. The molecule has 0 N–H and O–H groups in total. The molecule has 9 heteroatoms. The highest BCUT2D eigenvalue weighted by molar-refractivity contribution is 7.22. The second-order valence-electron chi connectivity index (χ2n) is 7.30. The van der Waals surface area contributed by atoms with Gasteiger partial charge in [0, 0.05) is 13.1 Å². The van der Waals surface area contributed by atoms with Crippen LogP contribution in [-0.4, -0.2) is 54.1 Å². The minimum Gasteiger partial charge on any atom is -0.492 e. The summed E-state index contributed by atoms with van der Waals surface area (Å²) in [5.41, 5.74) is 1.79. The van der Waals surface area contributed by atoms with Crippen molar-refractivity contribution in [3.63, 3.8) is 0 Å². The molecule has 0 aliphatic heterocycles. The Balaban J connectivity index is 1.70. The largest absolute Gasteiger partial charge is 0.492 e. The van der Waals surface area contributed by atoms with E-state index in [0.717, 1.165) is 10.2 Å². The van der Waals surface area contributed by atoms with Crippen molar-refractivity contribution in [2.75, 3.05) is 38.7 Å². The van der Waals surface area contributed by atoms with Crippen LogP contribution in [0.2, 0.25) is 0 Å². The Morgan fingerprint density at radius 1 is 1.16 bits per heavy atom. The first kappa shape index (κ1) is 21.1. The molecular formula is C22H24N4O4S. The van der Waals surface area contributed by atoms with Gasteiger partial charge in [0.25, 0.3) is 0 Å². The lowest BCUT2D eigenvalue weighted by Gasteiger charge is -2.22. The lowest BCUT2D eigenvalue weighted by atomic mass is 10.3. The van der Waals surface area contributed by atoms with Crippen molar-refractivity contribution in [2.24, 2.45) is 0 Å². The molecule has 0 aliphatic rings. The number of likely N-dealkylation sites (N-methyl/N-ethyl adjacent to an activating group) is 1. The van der Waals surface area contributed by atoms with Gasteiger partial charge in [0.05, 0.1) is 16.8 Å². The fourth-order valence-electron chi connectivity index (χ4n) is 3.31. The van der Waals surface area contributed by atoms with Gasteiger partial charge >= 0.3 is 5.76 Å². The van der Waals surface area contributed by atoms with E-state index in [0.29, 0.717) is 41.7 Å². The predicted octanol–water partition coefficient (Wildman–Crippen LogP) is 3.20. The average molecular weight is 441 g/mol. The van der Waals surface area contributed by atoms with Gasteiger partial charge in [-0.1, -0.05) is 29.5 Å². The number of carbonyl (C=O) groups excluding carboxylic acids is 1. The SMILES string of the molecule is CCOc1cccc2sc(N(CCN(C)C)C(=O)Cn3c(=O)oc4ccccc43)nc12. The quantitative estimate of drug-likeness (QED) is 0.419. The van der Waals surface area contributed by atoms with Gasteiger partial charge in [-0.25, -0.2) is 9.78 Å². The fraction of sp³-hybridized carbons (Fsp3) is 0.318. The van der Waals surface area contributed by atoms with Crippen molar-refractivity contribution in [2.45, 2.75) is 13.5 Å². The molecule has 0 bridgehead atoms. The number of thiazole rings is 1. The number of carbonyl (C=O) groups is 1. The number of anilines is 1. The molecule has 0 aliphatic carbocycles. The third-order valence-electron chi connectivity index (χ3n) is 4.84. The third-order valence-corrected chi connectivity index (χ3v) is 5.88. The Kier molecular flexibility index (Phi) is 6.06. The molecule has 4 rings (SSSR count). The van der Waals surface area contributed by atoms with Gasteiger partial charge in [-0.2, -0.15) is 0 Å². The highest BCUT2D eigenvalue weighted by Crippen LogP contribution is 2.34. The molecule has 1 amide bonds. The van der Waals surface area contributed by atoms with Gasteiger partial charge in [0.2, 0.25) is 5.91 Å². The van der Waals surface area contributed by atoms with Gasteiger partial charge < -0.3 is 14.1 Å². The second-order valence-corrected chi connectivity index (χ2v) is 8.31. The van der Waals surface area contributed by atoms with E-state index >= 15 is 0 Å². The number of para-hydroxylation sites is 3. The minimum absolute atomic E-state index is 0.127. The number of oxazole rings is 1. The summed E-state index contributed by atoms with van der Waals surface area (Å²) >= 11 is 1.43. The van der Waals surface area contributed by atoms with Gasteiger partial charge in [-0.3, -0.25) is 14.3 Å². The first-order valence-electron chi connectivity index (χ1n) is 10.0. The molecule has 2 aromatic heterocycles. The predicted molar refractivity (Wildman–Crippen MR) is 122 cm³/mol. The summed E-state index contributed by atoms with van der Waals surface area (Å²) in [4.78, 5) is 34.0. The summed E-state index contributed by atoms with van der Waals surface area (Å²) < 4.78 is 13.3. The number of ether oxygens (including phenoxy) is 1. The number of hydrogen-bond donors (Lipinski definition) is 0. The van der Waals surface area contributed by atoms with Crippen LogP contribution in [0, 0.1) is 0 Å². The van der Waals surface area contributed by atoms with Crippen molar-refractivity contribution >= 4 is 43.7 Å². The normalized spacial score (nSPS) is 11.5. The van der Waals surface area contributed by atoms with Crippen LogP contribution in [0.1, 0.15) is 6.92 Å². The van der Waals surface area contributed by atoms with E-state index in [2.05, 4.69) is 0 Å². The van der Waals surface area contributed by atoms with Crippen LogP contribution in [-0.2, 0) is 11.3 Å². The molecule has 2 heterocycles. The molecule has 0 atom stereocenters. The lowest BCUT2D eigenvalue weighted by Crippen LogP contribution is -2.39. The molecule has 4 aromatic rings. The molecule has 162 valence electrons. The van der Waals surface area contributed by atoms with Gasteiger partial charge in [0.15, 0.2) is 10.7 Å². The summed E-state index contributed by atoms with van der Waals surface area (Å²) in [6.45, 7) is 3.43. The van der Waals surface area contributed by atoms with Crippen LogP contribution in [0.4, 0.5) is 5.13 Å². The zero-order chi connectivity index (χ0) is 22.0. The zero-order valence-electron chi connectivity index (χ0n) is 17.7. The number of hydrogen-bond acceptors (Lipinski definition) is 7. The zero-order valence-corrected chi connectivity index (χ0v) is 18.5. The smallest absolute Gasteiger partial charge is 0.420 e. The molecule has 0 radical (unpaired) electrons. The van der Waals surface area contributed by atoms with E-state index in [1.54, 1.807) is 23.1 Å². The molecule has 0 unspecified atom stereocenters. The van der Waals surface area contributed by atoms with Crippen molar-refractivity contribution in [3.05, 3.63) is 53.0 Å². The maximum atomic E-state index is 13.3. The van der Waals surface area contributed by atoms with E-state index < -0.39 is 5.76 Å². The Hall–Kier alpha value is -3.17. The van der Waals surface area contributed by atoms with Crippen molar-refractivity contribution in [1.29, 1.82) is 0 Å². The molecule has 31 heavy (non-hydrogen) atoms. The molecule has 8 nitrogen and oxygen atoms in total. The number of fused-ring (bicyclic) bond motifs is 2. The molecular weight excluding hydrogens is 416 g/mol. The molecule has 0 saturated heterocycles. The first-order chi connectivity index (χ1) is 15.0. The lowest BCUT2D eigenvalue weighted by molar-refractivity contribution is -0.119. The minimum atomic E-state index is -0.551. The van der Waals surface area contributed by atoms with Crippen LogP contribution in [0.3, 0.4) is 0 Å².